The van der Waals surface area contributed by atoms with Gasteiger partial charge in [-0.25, -0.2) is 4.98 Å². The first-order valence-electron chi connectivity index (χ1n) is 5.65. The summed E-state index contributed by atoms with van der Waals surface area (Å²) in [7, 11) is 0. The predicted molar refractivity (Wildman–Crippen MR) is 74.8 cm³/mol. The second-order valence-electron chi connectivity index (χ2n) is 4.28. The van der Waals surface area contributed by atoms with Crippen molar-refractivity contribution in [3.8, 4) is 11.3 Å². The third-order valence-electron chi connectivity index (χ3n) is 3.02. The van der Waals surface area contributed by atoms with Gasteiger partial charge in [0.15, 0.2) is 5.65 Å². The molecular formula is C14H12ClN3. The van der Waals surface area contributed by atoms with Crippen LogP contribution < -0.4 is 5.73 Å². The van der Waals surface area contributed by atoms with Crippen molar-refractivity contribution < 1.29 is 0 Å². The van der Waals surface area contributed by atoms with Crippen LogP contribution in [0.15, 0.2) is 42.7 Å². The van der Waals surface area contributed by atoms with Crippen molar-refractivity contribution in [1.82, 2.24) is 9.38 Å². The summed E-state index contributed by atoms with van der Waals surface area (Å²) in [4.78, 5) is 4.57. The van der Waals surface area contributed by atoms with E-state index < -0.39 is 0 Å². The quantitative estimate of drug-likeness (QED) is 0.725. The Kier molecular flexibility index (Phi) is 2.49. The molecule has 1 aromatic carbocycles. The molecule has 2 heterocycles. The number of fused-ring (bicyclic) bond motifs is 1. The van der Waals surface area contributed by atoms with Crippen molar-refractivity contribution in [3.05, 3.63) is 53.3 Å². The van der Waals surface area contributed by atoms with Crippen molar-refractivity contribution in [2.75, 3.05) is 5.73 Å². The number of nitrogens with zero attached hydrogens (tertiary/aromatic N) is 2. The van der Waals surface area contributed by atoms with Crippen LogP contribution in [-0.4, -0.2) is 9.38 Å². The lowest BCUT2D eigenvalue weighted by Crippen LogP contribution is -1.94. The number of anilines is 1. The highest BCUT2D eigenvalue weighted by Gasteiger charge is 2.07. The molecule has 3 rings (SSSR count). The third kappa shape index (κ3) is 1.73. The number of hydrogen-bond acceptors (Lipinski definition) is 2. The summed E-state index contributed by atoms with van der Waals surface area (Å²) in [5, 5.41) is 0.720. The maximum absolute atomic E-state index is 6.03. The van der Waals surface area contributed by atoms with Crippen molar-refractivity contribution in [2.45, 2.75) is 6.92 Å². The molecule has 3 aromatic rings. The molecule has 0 amide bonds. The Morgan fingerprint density at radius 3 is 2.61 bits per heavy atom. The molecule has 0 aliphatic rings. The zero-order valence-corrected chi connectivity index (χ0v) is 10.6. The second kappa shape index (κ2) is 4.03. The zero-order chi connectivity index (χ0) is 12.7. The summed E-state index contributed by atoms with van der Waals surface area (Å²) in [6, 6.07) is 9.60. The highest BCUT2D eigenvalue weighted by molar-refractivity contribution is 6.30. The number of aryl methyl sites for hydroxylation is 1. The van der Waals surface area contributed by atoms with Gasteiger partial charge in [-0.3, -0.25) is 0 Å². The number of hydrogen-bond donors (Lipinski definition) is 1. The lowest BCUT2D eigenvalue weighted by Gasteiger charge is -2.00. The Bertz CT molecular complexity index is 714. The first kappa shape index (κ1) is 11.1. The molecule has 0 atom stereocenters. The Hall–Kier alpha value is -2.00. The van der Waals surface area contributed by atoms with Gasteiger partial charge in [-0.15, -0.1) is 0 Å². The maximum atomic E-state index is 6.03. The summed E-state index contributed by atoms with van der Waals surface area (Å²) in [5.74, 6) is 0. The van der Waals surface area contributed by atoms with Gasteiger partial charge < -0.3 is 10.1 Å². The van der Waals surface area contributed by atoms with Gasteiger partial charge in [-0.2, -0.15) is 0 Å². The van der Waals surface area contributed by atoms with Gasteiger partial charge in [0, 0.05) is 23.0 Å². The molecule has 0 radical (unpaired) electrons. The molecule has 4 heteroatoms. The van der Waals surface area contributed by atoms with Crippen LogP contribution >= 0.6 is 11.6 Å². The number of benzene rings is 1. The Balaban J connectivity index is 2.19. The summed E-state index contributed by atoms with van der Waals surface area (Å²) in [6.45, 7) is 1.98. The summed E-state index contributed by atoms with van der Waals surface area (Å²) in [6.07, 6.45) is 3.93. The van der Waals surface area contributed by atoms with Crippen molar-refractivity contribution in [3.63, 3.8) is 0 Å². The van der Waals surface area contributed by atoms with E-state index in [0.29, 0.717) is 0 Å². The van der Waals surface area contributed by atoms with Gasteiger partial charge in [0.25, 0.3) is 0 Å². The Labute approximate surface area is 110 Å². The lowest BCUT2D eigenvalue weighted by molar-refractivity contribution is 1.17. The van der Waals surface area contributed by atoms with Crippen LogP contribution in [0, 0.1) is 6.92 Å². The van der Waals surface area contributed by atoms with Crippen LogP contribution in [0.25, 0.3) is 16.9 Å². The fourth-order valence-corrected chi connectivity index (χ4v) is 2.05. The van der Waals surface area contributed by atoms with Crippen molar-refractivity contribution in [1.29, 1.82) is 0 Å². The molecule has 2 aromatic heterocycles. The molecule has 0 aliphatic heterocycles. The van der Waals surface area contributed by atoms with E-state index in [-0.39, 0.29) is 0 Å². The molecule has 0 spiro atoms. The first-order chi connectivity index (χ1) is 8.65. The summed E-state index contributed by atoms with van der Waals surface area (Å²) >= 11 is 5.88. The van der Waals surface area contributed by atoms with Gasteiger partial charge in [0.2, 0.25) is 0 Å². The molecule has 3 nitrogen and oxygen atoms in total. The first-order valence-corrected chi connectivity index (χ1v) is 6.02. The lowest BCUT2D eigenvalue weighted by atomic mass is 10.2. The number of pyridine rings is 1. The van der Waals surface area contributed by atoms with E-state index in [2.05, 4.69) is 4.98 Å². The smallest absolute Gasteiger partial charge is 0.160 e. The molecule has 0 bridgehead atoms. The number of imidazole rings is 1. The van der Waals surface area contributed by atoms with Crippen LogP contribution in [0.4, 0.5) is 5.69 Å². The minimum Gasteiger partial charge on any atom is -0.395 e. The Morgan fingerprint density at radius 2 is 1.89 bits per heavy atom. The van der Waals surface area contributed by atoms with Gasteiger partial charge in [0.1, 0.15) is 0 Å². The predicted octanol–water partition coefficient (Wildman–Crippen LogP) is 3.55. The minimum atomic E-state index is 0.720. The molecule has 18 heavy (non-hydrogen) atoms. The van der Waals surface area contributed by atoms with E-state index in [4.69, 9.17) is 17.3 Å². The average Bonchev–Trinajstić information content (AvgIpc) is 2.80. The van der Waals surface area contributed by atoms with Gasteiger partial charge >= 0.3 is 0 Å². The fourth-order valence-electron chi connectivity index (χ4n) is 1.92. The molecule has 90 valence electrons. The normalized spacial score (nSPS) is 11.0. The van der Waals surface area contributed by atoms with Crippen LogP contribution in [0.5, 0.6) is 0 Å². The number of nitrogen functional groups attached to an aromatic ring is 1. The highest BCUT2D eigenvalue weighted by Crippen LogP contribution is 2.24. The van der Waals surface area contributed by atoms with Crippen molar-refractivity contribution >= 4 is 22.9 Å². The monoisotopic (exact) mass is 257 g/mol. The molecule has 0 saturated heterocycles. The molecule has 0 aliphatic carbocycles. The fraction of sp³-hybridized carbons (Fsp3) is 0.0714. The second-order valence-corrected chi connectivity index (χ2v) is 4.71. The third-order valence-corrected chi connectivity index (χ3v) is 3.28. The van der Waals surface area contributed by atoms with Crippen LogP contribution in [0.3, 0.4) is 0 Å². The van der Waals surface area contributed by atoms with E-state index in [1.54, 1.807) is 0 Å². The summed E-state index contributed by atoms with van der Waals surface area (Å²) in [5.41, 5.74) is 10.5. The van der Waals surface area contributed by atoms with Gasteiger partial charge in [0.05, 0.1) is 11.4 Å². The Morgan fingerprint density at radius 1 is 1.17 bits per heavy atom. The van der Waals surface area contributed by atoms with Crippen LogP contribution in [0.2, 0.25) is 5.02 Å². The number of halogens is 1. The van der Waals surface area contributed by atoms with E-state index in [9.17, 15) is 0 Å². The van der Waals surface area contributed by atoms with Crippen LogP contribution in [-0.2, 0) is 0 Å². The molecule has 0 fully saturated rings. The van der Waals surface area contributed by atoms with Gasteiger partial charge in [-0.05, 0) is 30.7 Å². The highest BCUT2D eigenvalue weighted by atomic mass is 35.5. The average molecular weight is 258 g/mol. The molecule has 2 N–H and O–H groups in total. The topological polar surface area (TPSA) is 43.3 Å². The van der Waals surface area contributed by atoms with Gasteiger partial charge in [-0.1, -0.05) is 23.7 Å². The molecule has 0 unspecified atom stereocenters. The number of nitrogens with two attached hydrogens (primary N) is 1. The summed E-state index contributed by atoms with van der Waals surface area (Å²) < 4.78 is 1.94. The van der Waals surface area contributed by atoms with Crippen molar-refractivity contribution in [2.24, 2.45) is 0 Å². The standard InChI is InChI=1S/C14H12ClN3/c1-9-6-7-18-8-12(17-14(18)13(9)16)10-2-4-11(15)5-3-10/h2-8H,16H2,1H3. The largest absolute Gasteiger partial charge is 0.395 e. The number of rotatable bonds is 1. The maximum Gasteiger partial charge on any atom is 0.160 e. The minimum absolute atomic E-state index is 0.720. The molecule has 0 saturated carbocycles. The SMILES string of the molecule is Cc1ccn2cc(-c3ccc(Cl)cc3)nc2c1N. The van der Waals surface area contributed by atoms with E-state index >= 15 is 0 Å². The van der Waals surface area contributed by atoms with E-state index in [1.807, 2.05) is 54.0 Å². The van der Waals surface area contributed by atoms with E-state index in [0.717, 1.165) is 33.2 Å². The zero-order valence-electron chi connectivity index (χ0n) is 9.89. The van der Waals surface area contributed by atoms with Crippen LogP contribution in [0.1, 0.15) is 5.56 Å². The van der Waals surface area contributed by atoms with E-state index in [1.165, 1.54) is 0 Å². The molecular weight excluding hydrogens is 246 g/mol. The number of aromatic nitrogens is 2.